The quantitative estimate of drug-likeness (QED) is 0.274. The van der Waals surface area contributed by atoms with Gasteiger partial charge in [-0.15, -0.1) is 0 Å². The van der Waals surface area contributed by atoms with E-state index in [1.807, 2.05) is 24.3 Å². The highest BCUT2D eigenvalue weighted by Crippen LogP contribution is 2.32. The van der Waals surface area contributed by atoms with E-state index in [4.69, 9.17) is 28.4 Å². The van der Waals surface area contributed by atoms with Crippen molar-refractivity contribution in [1.29, 1.82) is 0 Å². The molecule has 0 aliphatic carbocycles. The fraction of sp³-hybridized carbons (Fsp3) is 0.600. The van der Waals surface area contributed by atoms with E-state index >= 15 is 0 Å². The number of aliphatic hydroxyl groups excluding tert-OH is 1. The van der Waals surface area contributed by atoms with Gasteiger partial charge in [0.25, 0.3) is 5.91 Å². The van der Waals surface area contributed by atoms with Crippen LogP contribution in [0.25, 0.3) is 0 Å². The number of anilines is 1. The van der Waals surface area contributed by atoms with Crippen LogP contribution in [0.3, 0.4) is 0 Å². The number of ether oxygens (including phenoxy) is 6. The maximum Gasteiger partial charge on any atom is 0.305 e. The molecule has 2 aliphatic rings. The topological polar surface area (TPSA) is 150 Å². The number of carbonyl (C=O) groups is 4. The molecular weight excluding hydrogens is 504 g/mol. The van der Waals surface area contributed by atoms with E-state index in [0.717, 1.165) is 26.5 Å². The van der Waals surface area contributed by atoms with Crippen LogP contribution in [0.4, 0.5) is 5.69 Å². The maximum atomic E-state index is 13.7. The van der Waals surface area contributed by atoms with E-state index in [1.54, 1.807) is 7.11 Å². The zero-order valence-corrected chi connectivity index (χ0v) is 22.0. The zero-order valence-electron chi connectivity index (χ0n) is 22.0. The number of nitrogens with zero attached hydrogens (tertiary/aromatic N) is 2. The lowest BCUT2D eigenvalue weighted by atomic mass is 9.96. The molecule has 0 bridgehead atoms. The molecule has 1 aromatic rings. The van der Waals surface area contributed by atoms with Crippen LogP contribution in [0.15, 0.2) is 24.3 Å². The summed E-state index contributed by atoms with van der Waals surface area (Å²) < 4.78 is 32.7. The molecule has 0 aromatic heterocycles. The Morgan fingerprint density at radius 1 is 0.895 bits per heavy atom. The number of amides is 1. The normalized spacial score (nSPS) is 26.2. The van der Waals surface area contributed by atoms with Gasteiger partial charge in [0, 0.05) is 47.0 Å². The summed E-state index contributed by atoms with van der Waals surface area (Å²) >= 11 is 0. The first-order valence-electron chi connectivity index (χ1n) is 12.2. The number of piperazine rings is 1. The molecule has 2 saturated heterocycles. The van der Waals surface area contributed by atoms with Gasteiger partial charge in [0.15, 0.2) is 18.5 Å². The summed E-state index contributed by atoms with van der Waals surface area (Å²) in [4.78, 5) is 52.9. The Kier molecular flexibility index (Phi) is 9.89. The summed E-state index contributed by atoms with van der Waals surface area (Å²) in [5.74, 6) is -2.16. The van der Waals surface area contributed by atoms with E-state index in [-0.39, 0.29) is 0 Å². The average Bonchev–Trinajstić information content (AvgIpc) is 2.86. The third-order valence-corrected chi connectivity index (χ3v) is 6.00. The summed E-state index contributed by atoms with van der Waals surface area (Å²) in [6.45, 7) is 6.23. The standard InChI is InChI=1S/C25H34N2O11/c1-14(28)34-20-21(35-15(2)29)23(36-16(3)30)25(37-17(4)31)38-22(20)24(32)27-12-10-26(11-13-27)18-8-6-7-9-19(18)33-5/h6-9,14,20-23,25,28H,10-13H2,1-5H3/t14?,20-,21-,22-,23+,25+/m0/s1. The predicted molar refractivity (Wildman–Crippen MR) is 130 cm³/mol. The van der Waals surface area contributed by atoms with Gasteiger partial charge in [-0.05, 0) is 19.1 Å². The Morgan fingerprint density at radius 3 is 2.03 bits per heavy atom. The van der Waals surface area contributed by atoms with Crippen LogP contribution in [0.5, 0.6) is 5.75 Å². The van der Waals surface area contributed by atoms with Crippen LogP contribution in [0.2, 0.25) is 0 Å². The predicted octanol–water partition coefficient (Wildman–Crippen LogP) is 0.219. The number of para-hydroxylation sites is 2. The first kappa shape index (κ1) is 29.1. The molecular formula is C25H34N2O11. The van der Waals surface area contributed by atoms with Gasteiger partial charge in [-0.2, -0.15) is 0 Å². The smallest absolute Gasteiger partial charge is 0.305 e. The van der Waals surface area contributed by atoms with Crippen molar-refractivity contribution >= 4 is 29.5 Å². The average molecular weight is 539 g/mol. The molecule has 6 atom stereocenters. The maximum absolute atomic E-state index is 13.7. The number of carbonyl (C=O) groups excluding carboxylic acids is 4. The first-order valence-corrected chi connectivity index (χ1v) is 12.2. The van der Waals surface area contributed by atoms with Crippen LogP contribution in [-0.2, 0) is 42.9 Å². The number of rotatable bonds is 8. The largest absolute Gasteiger partial charge is 0.495 e. The highest BCUT2D eigenvalue weighted by Gasteiger charge is 2.55. The Hall–Kier alpha value is -3.42. The molecule has 0 radical (unpaired) electrons. The summed E-state index contributed by atoms with van der Waals surface area (Å²) in [7, 11) is 1.59. The monoisotopic (exact) mass is 538 g/mol. The van der Waals surface area contributed by atoms with Crippen LogP contribution in [-0.4, -0.2) is 104 Å². The molecule has 2 fully saturated rings. The molecule has 2 aliphatic heterocycles. The molecule has 2 heterocycles. The number of esters is 3. The lowest BCUT2D eigenvalue weighted by Gasteiger charge is -2.46. The first-order chi connectivity index (χ1) is 18.0. The van der Waals surface area contributed by atoms with Crippen molar-refractivity contribution in [2.75, 3.05) is 38.2 Å². The van der Waals surface area contributed by atoms with Crippen molar-refractivity contribution in [1.82, 2.24) is 4.90 Å². The second-order valence-electron chi connectivity index (χ2n) is 8.87. The van der Waals surface area contributed by atoms with Gasteiger partial charge >= 0.3 is 17.9 Å². The molecule has 38 heavy (non-hydrogen) atoms. The second-order valence-corrected chi connectivity index (χ2v) is 8.87. The third kappa shape index (κ3) is 7.11. The van der Waals surface area contributed by atoms with Crippen molar-refractivity contribution in [2.24, 2.45) is 0 Å². The highest BCUT2D eigenvalue weighted by atomic mass is 16.7. The minimum absolute atomic E-state index is 0.308. The summed E-state index contributed by atoms with van der Waals surface area (Å²) in [5, 5.41) is 10.0. The molecule has 1 amide bonds. The van der Waals surface area contributed by atoms with E-state index in [2.05, 4.69) is 4.90 Å². The van der Waals surface area contributed by atoms with Crippen molar-refractivity contribution in [2.45, 2.75) is 64.7 Å². The van der Waals surface area contributed by atoms with Gasteiger partial charge < -0.3 is 43.3 Å². The highest BCUT2D eigenvalue weighted by molar-refractivity contribution is 5.82. The summed E-state index contributed by atoms with van der Waals surface area (Å²) in [6.07, 6.45) is -8.68. The zero-order chi connectivity index (χ0) is 28.0. The van der Waals surface area contributed by atoms with E-state index in [0.29, 0.717) is 31.9 Å². The molecule has 210 valence electrons. The van der Waals surface area contributed by atoms with Crippen LogP contribution in [0.1, 0.15) is 27.7 Å². The van der Waals surface area contributed by atoms with Gasteiger partial charge in [0.05, 0.1) is 12.8 Å². The number of aliphatic hydroxyl groups is 1. The van der Waals surface area contributed by atoms with Crippen molar-refractivity contribution in [3.8, 4) is 5.75 Å². The molecule has 1 unspecified atom stereocenters. The number of benzene rings is 1. The minimum Gasteiger partial charge on any atom is -0.495 e. The molecule has 0 spiro atoms. The summed E-state index contributed by atoms with van der Waals surface area (Å²) in [5.41, 5.74) is 0.889. The Morgan fingerprint density at radius 2 is 1.47 bits per heavy atom. The van der Waals surface area contributed by atoms with E-state index < -0.39 is 60.8 Å². The molecule has 3 rings (SSSR count). The van der Waals surface area contributed by atoms with Crippen LogP contribution in [0, 0.1) is 0 Å². The lowest BCUT2D eigenvalue weighted by molar-refractivity contribution is -0.309. The Balaban J connectivity index is 1.87. The second kappa shape index (κ2) is 12.9. The third-order valence-electron chi connectivity index (χ3n) is 6.00. The molecule has 0 saturated carbocycles. The fourth-order valence-corrected chi connectivity index (χ4v) is 4.53. The van der Waals surface area contributed by atoms with Crippen molar-refractivity contribution < 1.29 is 52.7 Å². The van der Waals surface area contributed by atoms with Gasteiger partial charge in [-0.1, -0.05) is 12.1 Å². The van der Waals surface area contributed by atoms with Gasteiger partial charge in [0.1, 0.15) is 11.9 Å². The van der Waals surface area contributed by atoms with E-state index in [9.17, 15) is 24.3 Å². The number of hydrogen-bond acceptors (Lipinski definition) is 12. The fourth-order valence-electron chi connectivity index (χ4n) is 4.53. The van der Waals surface area contributed by atoms with Crippen molar-refractivity contribution in [3.05, 3.63) is 24.3 Å². The van der Waals surface area contributed by atoms with E-state index in [1.165, 1.54) is 11.8 Å². The molecule has 13 heteroatoms. The van der Waals surface area contributed by atoms with Crippen LogP contribution >= 0.6 is 0 Å². The molecule has 13 nitrogen and oxygen atoms in total. The van der Waals surface area contributed by atoms with Gasteiger partial charge in [-0.3, -0.25) is 19.2 Å². The minimum atomic E-state index is -1.57. The van der Waals surface area contributed by atoms with Crippen LogP contribution < -0.4 is 9.64 Å². The molecule has 1 aromatic carbocycles. The summed E-state index contributed by atoms with van der Waals surface area (Å²) in [6, 6.07) is 7.54. The molecule has 1 N–H and O–H groups in total. The van der Waals surface area contributed by atoms with Gasteiger partial charge in [0.2, 0.25) is 12.4 Å². The number of methoxy groups -OCH3 is 1. The Bertz CT molecular complexity index is 1010. The SMILES string of the molecule is COc1ccccc1N1CCN(C(=O)[C@H]2O[C@@H](OC(C)=O)[C@H](OC(C)=O)[C@@H](OC(C)=O)[C@@H]2OC(C)O)CC1. The van der Waals surface area contributed by atoms with Crippen molar-refractivity contribution in [3.63, 3.8) is 0 Å². The lowest BCUT2D eigenvalue weighted by Crippen LogP contribution is -2.66. The number of hydrogen-bond donors (Lipinski definition) is 1. The van der Waals surface area contributed by atoms with Gasteiger partial charge in [-0.25, -0.2) is 0 Å². The Labute approximate surface area is 220 Å².